The molecule has 0 unspecified atom stereocenters. The fraction of sp³-hybridized carbons (Fsp3) is 0.526. The first-order chi connectivity index (χ1) is 12.0. The summed E-state index contributed by atoms with van der Waals surface area (Å²) >= 11 is 0. The minimum atomic E-state index is 0.0651. The van der Waals surface area contributed by atoms with Crippen molar-refractivity contribution in [1.29, 1.82) is 0 Å². The van der Waals surface area contributed by atoms with Gasteiger partial charge in [0, 0.05) is 26.8 Å². The Bertz CT molecular complexity index is 752. The van der Waals surface area contributed by atoms with E-state index in [0.717, 1.165) is 42.9 Å². The molecule has 1 saturated heterocycles. The van der Waals surface area contributed by atoms with Crippen LogP contribution in [-0.4, -0.2) is 39.2 Å². The number of hydrogen-bond acceptors (Lipinski definition) is 4. The van der Waals surface area contributed by atoms with E-state index in [0.29, 0.717) is 11.6 Å². The number of hydrogen-bond donors (Lipinski definition) is 1. The van der Waals surface area contributed by atoms with Gasteiger partial charge in [-0.05, 0) is 48.9 Å². The van der Waals surface area contributed by atoms with Crippen LogP contribution in [0.5, 0.6) is 0 Å². The smallest absolute Gasteiger partial charge is 0.272 e. The van der Waals surface area contributed by atoms with E-state index in [-0.39, 0.29) is 11.9 Å². The first-order valence-electron chi connectivity index (χ1n) is 8.97. The molecule has 0 radical (unpaired) electrons. The number of nitrogens with zero attached hydrogens (tertiary/aromatic N) is 4. The summed E-state index contributed by atoms with van der Waals surface area (Å²) in [6.07, 6.45) is 4.69. The van der Waals surface area contributed by atoms with E-state index < -0.39 is 0 Å². The summed E-state index contributed by atoms with van der Waals surface area (Å²) < 4.78 is 1.72. The van der Waals surface area contributed by atoms with Crippen LogP contribution in [0, 0.1) is 5.92 Å². The molecule has 1 aliphatic rings. The van der Waals surface area contributed by atoms with Crippen LogP contribution in [0.2, 0.25) is 0 Å². The SMILES string of the molecule is CNc1cc([C@@H]2CCCN2C(=O)c2cc(CC(C)C)nn2C)ccn1. The number of likely N-dealkylation sites (tertiary alicyclic amines) is 1. The molecule has 2 aromatic rings. The second-order valence-corrected chi connectivity index (χ2v) is 7.12. The summed E-state index contributed by atoms with van der Waals surface area (Å²) in [4.78, 5) is 19.4. The van der Waals surface area contributed by atoms with Gasteiger partial charge in [-0.3, -0.25) is 9.48 Å². The Labute approximate surface area is 149 Å². The highest BCUT2D eigenvalue weighted by molar-refractivity contribution is 5.93. The molecule has 1 atom stereocenters. The zero-order valence-electron chi connectivity index (χ0n) is 15.5. The maximum atomic E-state index is 13.1. The molecular weight excluding hydrogens is 314 g/mol. The normalized spacial score (nSPS) is 17.3. The monoisotopic (exact) mass is 341 g/mol. The summed E-state index contributed by atoms with van der Waals surface area (Å²) in [5.41, 5.74) is 2.79. The molecule has 1 N–H and O–H groups in total. The Morgan fingerprint density at radius 2 is 2.20 bits per heavy atom. The van der Waals surface area contributed by atoms with E-state index >= 15 is 0 Å². The number of carbonyl (C=O) groups excluding carboxylic acids is 1. The maximum Gasteiger partial charge on any atom is 0.272 e. The minimum absolute atomic E-state index is 0.0651. The Morgan fingerprint density at radius 3 is 2.92 bits per heavy atom. The molecule has 0 spiro atoms. The Kier molecular flexibility index (Phi) is 5.06. The summed E-state index contributed by atoms with van der Waals surface area (Å²) in [6.45, 7) is 5.11. The summed E-state index contributed by atoms with van der Waals surface area (Å²) in [7, 11) is 3.71. The lowest BCUT2D eigenvalue weighted by atomic mass is 10.1. The largest absolute Gasteiger partial charge is 0.373 e. The van der Waals surface area contributed by atoms with E-state index in [1.165, 1.54) is 0 Å². The lowest BCUT2D eigenvalue weighted by Crippen LogP contribution is -2.32. The van der Waals surface area contributed by atoms with Crippen molar-refractivity contribution in [3.8, 4) is 0 Å². The Balaban J connectivity index is 1.84. The fourth-order valence-electron chi connectivity index (χ4n) is 3.54. The highest BCUT2D eigenvalue weighted by Crippen LogP contribution is 2.33. The third-order valence-corrected chi connectivity index (χ3v) is 4.71. The van der Waals surface area contributed by atoms with Gasteiger partial charge >= 0.3 is 0 Å². The molecular formula is C19H27N5O. The number of anilines is 1. The standard InChI is InChI=1S/C19H27N5O/c1-13(2)10-15-12-17(23(4)22-15)19(25)24-9-5-6-16(24)14-7-8-21-18(11-14)20-3/h7-8,11-13,16H,5-6,9-10H2,1-4H3,(H,20,21)/t16-/m0/s1. The van der Waals surface area contributed by atoms with E-state index in [4.69, 9.17) is 0 Å². The molecule has 6 heteroatoms. The van der Waals surface area contributed by atoms with Crippen LogP contribution in [0.4, 0.5) is 5.82 Å². The Morgan fingerprint density at radius 1 is 1.40 bits per heavy atom. The number of pyridine rings is 1. The molecule has 3 rings (SSSR count). The number of aromatic nitrogens is 3. The minimum Gasteiger partial charge on any atom is -0.373 e. The highest BCUT2D eigenvalue weighted by atomic mass is 16.2. The highest BCUT2D eigenvalue weighted by Gasteiger charge is 2.32. The number of nitrogens with one attached hydrogen (secondary N) is 1. The van der Waals surface area contributed by atoms with Crippen LogP contribution in [0.15, 0.2) is 24.4 Å². The molecule has 0 aliphatic carbocycles. The first-order valence-corrected chi connectivity index (χ1v) is 8.97. The molecule has 1 fully saturated rings. The third-order valence-electron chi connectivity index (χ3n) is 4.71. The molecule has 0 bridgehead atoms. The van der Waals surface area contributed by atoms with Crippen molar-refractivity contribution < 1.29 is 4.79 Å². The molecule has 0 saturated carbocycles. The second-order valence-electron chi connectivity index (χ2n) is 7.12. The van der Waals surface area contributed by atoms with Gasteiger partial charge in [0.15, 0.2) is 0 Å². The van der Waals surface area contributed by atoms with Gasteiger partial charge < -0.3 is 10.2 Å². The summed E-state index contributed by atoms with van der Waals surface area (Å²) in [5.74, 6) is 1.42. The average molecular weight is 341 g/mol. The topological polar surface area (TPSA) is 63.1 Å². The first kappa shape index (κ1) is 17.5. The molecule has 3 heterocycles. The lowest BCUT2D eigenvalue weighted by molar-refractivity contribution is 0.0724. The number of rotatable bonds is 5. The fourth-order valence-corrected chi connectivity index (χ4v) is 3.54. The quantitative estimate of drug-likeness (QED) is 0.908. The molecule has 1 aliphatic heterocycles. The second kappa shape index (κ2) is 7.25. The maximum absolute atomic E-state index is 13.1. The van der Waals surface area contributed by atoms with E-state index in [1.54, 1.807) is 10.9 Å². The van der Waals surface area contributed by atoms with Crippen molar-refractivity contribution in [1.82, 2.24) is 19.7 Å². The van der Waals surface area contributed by atoms with Crippen LogP contribution in [0.3, 0.4) is 0 Å². The van der Waals surface area contributed by atoms with Crippen molar-refractivity contribution in [3.63, 3.8) is 0 Å². The van der Waals surface area contributed by atoms with Crippen LogP contribution in [0.1, 0.15) is 54.5 Å². The van der Waals surface area contributed by atoms with Crippen molar-refractivity contribution in [2.75, 3.05) is 18.9 Å². The van der Waals surface area contributed by atoms with Gasteiger partial charge in [0.05, 0.1) is 11.7 Å². The third kappa shape index (κ3) is 3.67. The molecule has 1 amide bonds. The van der Waals surface area contributed by atoms with E-state index in [2.05, 4.69) is 29.2 Å². The van der Waals surface area contributed by atoms with Gasteiger partial charge in [-0.1, -0.05) is 13.8 Å². The van der Waals surface area contributed by atoms with Crippen molar-refractivity contribution in [2.45, 2.75) is 39.2 Å². The van der Waals surface area contributed by atoms with Crippen molar-refractivity contribution in [2.24, 2.45) is 13.0 Å². The number of aryl methyl sites for hydroxylation is 1. The number of carbonyl (C=O) groups is 1. The molecule has 25 heavy (non-hydrogen) atoms. The van der Waals surface area contributed by atoms with Crippen molar-refractivity contribution in [3.05, 3.63) is 41.3 Å². The van der Waals surface area contributed by atoms with Crippen LogP contribution in [0.25, 0.3) is 0 Å². The van der Waals surface area contributed by atoms with Gasteiger partial charge in [0.1, 0.15) is 11.5 Å². The van der Waals surface area contributed by atoms with Gasteiger partial charge in [0.25, 0.3) is 5.91 Å². The predicted molar refractivity (Wildman–Crippen MR) is 98.5 cm³/mol. The van der Waals surface area contributed by atoms with E-state index in [1.807, 2.05) is 37.2 Å². The van der Waals surface area contributed by atoms with E-state index in [9.17, 15) is 4.79 Å². The molecule has 134 valence electrons. The number of amides is 1. The van der Waals surface area contributed by atoms with Crippen molar-refractivity contribution >= 4 is 11.7 Å². The van der Waals surface area contributed by atoms with Crippen LogP contribution in [-0.2, 0) is 13.5 Å². The molecule has 6 nitrogen and oxygen atoms in total. The summed E-state index contributed by atoms with van der Waals surface area (Å²) in [6, 6.07) is 6.09. The van der Waals surface area contributed by atoms with Crippen LogP contribution >= 0.6 is 0 Å². The molecule has 0 aromatic carbocycles. The van der Waals surface area contributed by atoms with Gasteiger partial charge in [0.2, 0.25) is 0 Å². The predicted octanol–water partition coefficient (Wildman–Crippen LogP) is 3.03. The lowest BCUT2D eigenvalue weighted by Gasteiger charge is -2.25. The Hall–Kier alpha value is -2.37. The van der Waals surface area contributed by atoms with Gasteiger partial charge in [-0.25, -0.2) is 4.98 Å². The zero-order valence-corrected chi connectivity index (χ0v) is 15.5. The molecule has 2 aromatic heterocycles. The summed E-state index contributed by atoms with van der Waals surface area (Å²) in [5, 5.41) is 7.59. The van der Waals surface area contributed by atoms with Gasteiger partial charge in [-0.2, -0.15) is 5.10 Å². The van der Waals surface area contributed by atoms with Gasteiger partial charge in [-0.15, -0.1) is 0 Å². The van der Waals surface area contributed by atoms with Crippen LogP contribution < -0.4 is 5.32 Å². The average Bonchev–Trinajstić information content (AvgIpc) is 3.20. The zero-order chi connectivity index (χ0) is 18.0.